The predicted molar refractivity (Wildman–Crippen MR) is 85.1 cm³/mol. The Labute approximate surface area is 126 Å². The van der Waals surface area contributed by atoms with Gasteiger partial charge in [0.05, 0.1) is 23.7 Å². The lowest BCUT2D eigenvalue weighted by Crippen LogP contribution is -2.39. The maximum absolute atomic E-state index is 10.2. The molecular formula is C17H25N3O. The van der Waals surface area contributed by atoms with E-state index >= 15 is 0 Å². The van der Waals surface area contributed by atoms with Crippen LogP contribution in [-0.2, 0) is 13.1 Å². The second-order valence-corrected chi connectivity index (χ2v) is 5.95. The Hall–Kier alpha value is -1.39. The molecule has 1 heterocycles. The lowest BCUT2D eigenvalue weighted by atomic mass is 10.1. The van der Waals surface area contributed by atoms with Crippen LogP contribution in [0.2, 0.25) is 0 Å². The predicted octanol–water partition coefficient (Wildman–Crippen LogP) is 2.84. The molecule has 4 nitrogen and oxygen atoms in total. The van der Waals surface area contributed by atoms with Crippen molar-refractivity contribution in [2.45, 2.75) is 64.3 Å². The van der Waals surface area contributed by atoms with Gasteiger partial charge in [-0.1, -0.05) is 31.4 Å². The first kappa shape index (κ1) is 14.5. The maximum Gasteiger partial charge on any atom is 0.123 e. The molecule has 3 rings (SSSR count). The van der Waals surface area contributed by atoms with Crippen molar-refractivity contribution in [1.82, 2.24) is 14.9 Å². The standard InChI is InChI=1S/C17H25N3O/c1-2-20-15-10-7-6-8-13(15)19-17(20)12-18-14-9-4-3-5-11-16(14)21/h6-8,10,14,16,18,21H,2-5,9,11-12H2,1H3. The van der Waals surface area contributed by atoms with Crippen LogP contribution in [0.25, 0.3) is 11.0 Å². The third-order valence-corrected chi connectivity index (χ3v) is 4.55. The van der Waals surface area contributed by atoms with Crippen molar-refractivity contribution in [3.05, 3.63) is 30.1 Å². The fourth-order valence-electron chi connectivity index (χ4n) is 3.36. The number of imidazole rings is 1. The minimum absolute atomic E-state index is 0.206. The molecule has 2 N–H and O–H groups in total. The Bertz CT molecular complexity index is 593. The Balaban J connectivity index is 1.75. The number of hydrogen-bond donors (Lipinski definition) is 2. The van der Waals surface area contributed by atoms with Crippen molar-refractivity contribution in [3.63, 3.8) is 0 Å². The van der Waals surface area contributed by atoms with E-state index in [0.717, 1.165) is 43.7 Å². The fraction of sp³-hybridized carbons (Fsp3) is 0.588. The van der Waals surface area contributed by atoms with E-state index in [1.54, 1.807) is 0 Å². The third-order valence-electron chi connectivity index (χ3n) is 4.55. The van der Waals surface area contributed by atoms with Crippen molar-refractivity contribution in [1.29, 1.82) is 0 Å². The summed E-state index contributed by atoms with van der Waals surface area (Å²) < 4.78 is 2.26. The van der Waals surface area contributed by atoms with Gasteiger partial charge >= 0.3 is 0 Å². The SMILES string of the molecule is CCn1c(CNC2CCCCCC2O)nc2ccccc21. The molecule has 21 heavy (non-hydrogen) atoms. The molecule has 1 saturated carbocycles. The van der Waals surface area contributed by atoms with E-state index < -0.39 is 0 Å². The molecule has 1 aromatic heterocycles. The van der Waals surface area contributed by atoms with Crippen LogP contribution in [0.15, 0.2) is 24.3 Å². The number of aliphatic hydroxyl groups is 1. The van der Waals surface area contributed by atoms with Gasteiger partial charge in [0.2, 0.25) is 0 Å². The van der Waals surface area contributed by atoms with Crippen molar-refractivity contribution < 1.29 is 5.11 Å². The van der Waals surface area contributed by atoms with Crippen LogP contribution < -0.4 is 5.32 Å². The Kier molecular flexibility index (Phi) is 4.56. The van der Waals surface area contributed by atoms with Crippen LogP contribution in [-0.4, -0.2) is 26.8 Å². The number of hydrogen-bond acceptors (Lipinski definition) is 3. The third kappa shape index (κ3) is 3.11. The Morgan fingerprint density at radius 3 is 2.90 bits per heavy atom. The zero-order valence-electron chi connectivity index (χ0n) is 12.8. The summed E-state index contributed by atoms with van der Waals surface area (Å²) in [5.41, 5.74) is 2.25. The van der Waals surface area contributed by atoms with Gasteiger partial charge in [0.25, 0.3) is 0 Å². The molecule has 2 aromatic rings. The van der Waals surface area contributed by atoms with E-state index in [4.69, 9.17) is 4.98 Å². The number of benzene rings is 1. The first-order valence-corrected chi connectivity index (χ1v) is 8.15. The number of nitrogens with one attached hydrogen (secondary N) is 1. The van der Waals surface area contributed by atoms with E-state index in [1.807, 2.05) is 6.07 Å². The van der Waals surface area contributed by atoms with Gasteiger partial charge in [-0.3, -0.25) is 0 Å². The van der Waals surface area contributed by atoms with Gasteiger partial charge < -0.3 is 15.0 Å². The summed E-state index contributed by atoms with van der Waals surface area (Å²) in [7, 11) is 0. The van der Waals surface area contributed by atoms with Gasteiger partial charge in [0.15, 0.2) is 0 Å². The van der Waals surface area contributed by atoms with Crippen molar-refractivity contribution in [3.8, 4) is 0 Å². The zero-order chi connectivity index (χ0) is 14.7. The lowest BCUT2D eigenvalue weighted by molar-refractivity contribution is 0.119. The van der Waals surface area contributed by atoms with E-state index in [2.05, 4.69) is 35.0 Å². The highest BCUT2D eigenvalue weighted by Gasteiger charge is 2.21. The molecule has 0 bridgehead atoms. The van der Waals surface area contributed by atoms with Gasteiger partial charge in [-0.15, -0.1) is 0 Å². The minimum atomic E-state index is -0.216. The zero-order valence-corrected chi connectivity index (χ0v) is 12.8. The molecule has 1 fully saturated rings. The smallest absolute Gasteiger partial charge is 0.123 e. The molecule has 0 amide bonds. The van der Waals surface area contributed by atoms with Crippen molar-refractivity contribution >= 4 is 11.0 Å². The highest BCUT2D eigenvalue weighted by molar-refractivity contribution is 5.75. The van der Waals surface area contributed by atoms with E-state index in [1.165, 1.54) is 18.4 Å². The first-order chi connectivity index (χ1) is 10.3. The van der Waals surface area contributed by atoms with Crippen LogP contribution in [0.3, 0.4) is 0 Å². The Morgan fingerprint density at radius 2 is 2.05 bits per heavy atom. The number of rotatable bonds is 4. The van der Waals surface area contributed by atoms with Crippen LogP contribution in [0.1, 0.15) is 44.9 Å². The number of nitrogens with zero attached hydrogens (tertiary/aromatic N) is 2. The van der Waals surface area contributed by atoms with Crippen LogP contribution >= 0.6 is 0 Å². The highest BCUT2D eigenvalue weighted by atomic mass is 16.3. The monoisotopic (exact) mass is 287 g/mol. The molecule has 2 atom stereocenters. The molecule has 114 valence electrons. The summed E-state index contributed by atoms with van der Waals surface area (Å²) in [6.07, 6.45) is 5.36. The number of aliphatic hydroxyl groups excluding tert-OH is 1. The van der Waals surface area contributed by atoms with Crippen LogP contribution in [0.4, 0.5) is 0 Å². The van der Waals surface area contributed by atoms with Gasteiger partial charge in [-0.25, -0.2) is 4.98 Å². The minimum Gasteiger partial charge on any atom is -0.392 e. The molecule has 4 heteroatoms. The number of para-hydroxylation sites is 2. The van der Waals surface area contributed by atoms with Crippen LogP contribution in [0.5, 0.6) is 0 Å². The van der Waals surface area contributed by atoms with E-state index in [-0.39, 0.29) is 12.1 Å². The topological polar surface area (TPSA) is 50.1 Å². The van der Waals surface area contributed by atoms with Gasteiger partial charge in [0.1, 0.15) is 5.82 Å². The maximum atomic E-state index is 10.2. The number of aryl methyl sites for hydroxylation is 1. The quantitative estimate of drug-likeness (QED) is 0.850. The molecular weight excluding hydrogens is 262 g/mol. The average Bonchev–Trinajstić information content (AvgIpc) is 2.73. The summed E-state index contributed by atoms with van der Waals surface area (Å²) >= 11 is 0. The molecule has 1 aliphatic carbocycles. The normalized spacial score (nSPS) is 23.3. The summed E-state index contributed by atoms with van der Waals surface area (Å²) in [6, 6.07) is 8.48. The lowest BCUT2D eigenvalue weighted by Gasteiger charge is -2.21. The first-order valence-electron chi connectivity index (χ1n) is 8.15. The van der Waals surface area contributed by atoms with Gasteiger partial charge in [-0.2, -0.15) is 0 Å². The van der Waals surface area contributed by atoms with Gasteiger partial charge in [0, 0.05) is 12.6 Å². The molecule has 0 aliphatic heterocycles. The van der Waals surface area contributed by atoms with Crippen molar-refractivity contribution in [2.75, 3.05) is 0 Å². The number of fused-ring (bicyclic) bond motifs is 1. The van der Waals surface area contributed by atoms with Crippen LogP contribution in [0, 0.1) is 0 Å². The van der Waals surface area contributed by atoms with E-state index in [9.17, 15) is 5.11 Å². The van der Waals surface area contributed by atoms with E-state index in [0.29, 0.717) is 0 Å². The second kappa shape index (κ2) is 6.58. The second-order valence-electron chi connectivity index (χ2n) is 5.95. The highest BCUT2D eigenvalue weighted by Crippen LogP contribution is 2.20. The van der Waals surface area contributed by atoms with Crippen molar-refractivity contribution in [2.24, 2.45) is 0 Å². The molecule has 0 saturated heterocycles. The molecule has 1 aliphatic rings. The van der Waals surface area contributed by atoms with Gasteiger partial charge in [-0.05, 0) is 31.9 Å². The summed E-state index contributed by atoms with van der Waals surface area (Å²) in [6.45, 7) is 3.80. The molecule has 0 radical (unpaired) electrons. The Morgan fingerprint density at radius 1 is 1.24 bits per heavy atom. The fourth-order valence-corrected chi connectivity index (χ4v) is 3.36. The molecule has 0 spiro atoms. The molecule has 2 unspecified atom stereocenters. The average molecular weight is 287 g/mol. The summed E-state index contributed by atoms with van der Waals surface area (Å²) in [5.74, 6) is 1.06. The summed E-state index contributed by atoms with van der Waals surface area (Å²) in [5, 5.41) is 13.7. The molecule has 1 aromatic carbocycles. The largest absolute Gasteiger partial charge is 0.392 e. The summed E-state index contributed by atoms with van der Waals surface area (Å²) in [4.78, 5) is 4.74. The number of aromatic nitrogens is 2.